The molecule has 1 aromatic carbocycles. The second-order valence-corrected chi connectivity index (χ2v) is 4.95. The summed E-state index contributed by atoms with van der Waals surface area (Å²) in [7, 11) is 0. The molecule has 82 valence electrons. The van der Waals surface area contributed by atoms with Gasteiger partial charge in [-0.3, -0.25) is 0 Å². The van der Waals surface area contributed by atoms with Crippen molar-refractivity contribution < 1.29 is 4.74 Å². The maximum absolute atomic E-state index is 6.11. The normalized spacial score (nSPS) is 18.6. The van der Waals surface area contributed by atoms with Crippen LogP contribution in [0.4, 0.5) is 0 Å². The van der Waals surface area contributed by atoms with Crippen LogP contribution in [-0.4, -0.2) is 19.8 Å². The molecule has 0 atom stereocenters. The summed E-state index contributed by atoms with van der Waals surface area (Å²) >= 11 is 11.9. The van der Waals surface area contributed by atoms with Gasteiger partial charge >= 0.3 is 0 Å². The number of hydrogen-bond donors (Lipinski definition) is 1. The predicted molar refractivity (Wildman–Crippen MR) is 62.5 cm³/mol. The lowest BCUT2D eigenvalue weighted by Gasteiger charge is -2.40. The number of benzene rings is 1. The van der Waals surface area contributed by atoms with Crippen LogP contribution in [0.25, 0.3) is 0 Å². The first-order valence-electron chi connectivity index (χ1n) is 4.87. The van der Waals surface area contributed by atoms with Gasteiger partial charge < -0.3 is 10.5 Å². The van der Waals surface area contributed by atoms with Crippen molar-refractivity contribution >= 4 is 23.2 Å². The van der Waals surface area contributed by atoms with Crippen molar-refractivity contribution in [2.45, 2.75) is 6.42 Å². The summed E-state index contributed by atoms with van der Waals surface area (Å²) in [6.07, 6.45) is 0.861. The van der Waals surface area contributed by atoms with Gasteiger partial charge in [0.05, 0.1) is 13.2 Å². The van der Waals surface area contributed by atoms with E-state index in [2.05, 4.69) is 0 Å². The quantitative estimate of drug-likeness (QED) is 0.889. The molecule has 1 aliphatic rings. The maximum Gasteiger partial charge on any atom is 0.0560 e. The van der Waals surface area contributed by atoms with Gasteiger partial charge in [0.2, 0.25) is 0 Å². The van der Waals surface area contributed by atoms with Crippen LogP contribution in [0.5, 0.6) is 0 Å². The second kappa shape index (κ2) is 4.30. The predicted octanol–water partition coefficient (Wildman–Crippen LogP) is 2.51. The van der Waals surface area contributed by atoms with Crippen molar-refractivity contribution in [2.24, 2.45) is 11.1 Å². The van der Waals surface area contributed by atoms with E-state index in [1.165, 1.54) is 0 Å². The van der Waals surface area contributed by atoms with Gasteiger partial charge in [0.15, 0.2) is 0 Å². The van der Waals surface area contributed by atoms with E-state index in [0.717, 1.165) is 25.2 Å². The number of hydrogen-bond acceptors (Lipinski definition) is 2. The summed E-state index contributed by atoms with van der Waals surface area (Å²) in [5, 5.41) is 1.37. The molecular formula is C11H13Cl2NO. The first-order valence-corrected chi connectivity index (χ1v) is 5.63. The molecule has 2 rings (SSSR count). The molecule has 15 heavy (non-hydrogen) atoms. The maximum atomic E-state index is 6.11. The molecule has 1 saturated heterocycles. The summed E-state index contributed by atoms with van der Waals surface area (Å²) in [6, 6.07) is 5.58. The fraction of sp³-hybridized carbons (Fsp3) is 0.455. The van der Waals surface area contributed by atoms with E-state index in [1.54, 1.807) is 6.07 Å². The third-order valence-corrected chi connectivity index (χ3v) is 3.42. The van der Waals surface area contributed by atoms with Crippen LogP contribution in [0.1, 0.15) is 5.56 Å². The molecule has 0 aromatic heterocycles. The highest BCUT2D eigenvalue weighted by Gasteiger charge is 2.37. The summed E-state index contributed by atoms with van der Waals surface area (Å²) < 4.78 is 5.22. The molecule has 1 fully saturated rings. The lowest BCUT2D eigenvalue weighted by molar-refractivity contribution is -0.106. The average molecular weight is 246 g/mol. The third kappa shape index (κ3) is 2.28. The van der Waals surface area contributed by atoms with Crippen LogP contribution >= 0.6 is 23.2 Å². The van der Waals surface area contributed by atoms with Crippen LogP contribution in [0.3, 0.4) is 0 Å². The molecule has 1 heterocycles. The second-order valence-electron chi connectivity index (χ2n) is 4.11. The summed E-state index contributed by atoms with van der Waals surface area (Å²) in [4.78, 5) is 0. The topological polar surface area (TPSA) is 35.2 Å². The Morgan fingerprint density at radius 2 is 2.07 bits per heavy atom. The lowest BCUT2D eigenvalue weighted by Crippen LogP contribution is -2.49. The first-order chi connectivity index (χ1) is 7.15. The van der Waals surface area contributed by atoms with Gasteiger partial charge in [-0.1, -0.05) is 29.3 Å². The Morgan fingerprint density at radius 3 is 2.53 bits per heavy atom. The van der Waals surface area contributed by atoms with Crippen LogP contribution < -0.4 is 5.73 Å². The van der Waals surface area contributed by atoms with Gasteiger partial charge in [0.25, 0.3) is 0 Å². The minimum atomic E-state index is 0.0808. The monoisotopic (exact) mass is 245 g/mol. The lowest BCUT2D eigenvalue weighted by atomic mass is 9.80. The van der Waals surface area contributed by atoms with E-state index in [0.29, 0.717) is 16.6 Å². The fourth-order valence-electron chi connectivity index (χ4n) is 1.75. The average Bonchev–Trinajstić information content (AvgIpc) is 2.14. The van der Waals surface area contributed by atoms with Gasteiger partial charge in [0, 0.05) is 22.0 Å². The van der Waals surface area contributed by atoms with E-state index in [9.17, 15) is 0 Å². The molecular weight excluding hydrogens is 233 g/mol. The van der Waals surface area contributed by atoms with E-state index >= 15 is 0 Å². The molecule has 4 heteroatoms. The molecule has 0 amide bonds. The largest absolute Gasteiger partial charge is 0.380 e. The van der Waals surface area contributed by atoms with E-state index in [-0.39, 0.29) is 5.41 Å². The zero-order valence-corrected chi connectivity index (χ0v) is 9.81. The Balaban J connectivity index is 2.16. The Hall–Kier alpha value is -0.280. The molecule has 2 N–H and O–H groups in total. The van der Waals surface area contributed by atoms with Crippen molar-refractivity contribution in [1.29, 1.82) is 0 Å². The van der Waals surface area contributed by atoms with Gasteiger partial charge in [0.1, 0.15) is 0 Å². The number of halogens is 2. The van der Waals surface area contributed by atoms with Crippen molar-refractivity contribution in [3.63, 3.8) is 0 Å². The SMILES string of the molecule is NCC1(Cc2ccc(Cl)cc2Cl)COC1. The molecule has 0 saturated carbocycles. The Labute approximate surface area is 99.3 Å². The highest BCUT2D eigenvalue weighted by molar-refractivity contribution is 6.35. The highest BCUT2D eigenvalue weighted by atomic mass is 35.5. The number of ether oxygens (including phenoxy) is 1. The fourth-order valence-corrected chi connectivity index (χ4v) is 2.23. The summed E-state index contributed by atoms with van der Waals surface area (Å²) in [5.74, 6) is 0. The Morgan fingerprint density at radius 1 is 1.33 bits per heavy atom. The van der Waals surface area contributed by atoms with Crippen molar-refractivity contribution in [3.05, 3.63) is 33.8 Å². The molecule has 0 unspecified atom stereocenters. The minimum Gasteiger partial charge on any atom is -0.380 e. The van der Waals surface area contributed by atoms with E-state index in [4.69, 9.17) is 33.7 Å². The Bertz CT molecular complexity index is 358. The minimum absolute atomic E-state index is 0.0808. The van der Waals surface area contributed by atoms with Gasteiger partial charge in [-0.25, -0.2) is 0 Å². The van der Waals surface area contributed by atoms with Crippen LogP contribution in [0.15, 0.2) is 18.2 Å². The zero-order chi connectivity index (χ0) is 10.9. The van der Waals surface area contributed by atoms with E-state index < -0.39 is 0 Å². The van der Waals surface area contributed by atoms with Crippen LogP contribution in [0.2, 0.25) is 10.0 Å². The number of rotatable bonds is 3. The smallest absolute Gasteiger partial charge is 0.0560 e. The third-order valence-electron chi connectivity index (χ3n) is 2.83. The standard InChI is InChI=1S/C11H13Cl2NO/c12-9-2-1-8(10(13)3-9)4-11(5-14)6-15-7-11/h1-3H,4-7,14H2. The summed E-state index contributed by atoms with van der Waals surface area (Å²) in [6.45, 7) is 2.08. The zero-order valence-electron chi connectivity index (χ0n) is 8.30. The van der Waals surface area contributed by atoms with Gasteiger partial charge in [-0.15, -0.1) is 0 Å². The van der Waals surface area contributed by atoms with Crippen molar-refractivity contribution in [3.8, 4) is 0 Å². The first kappa shape index (κ1) is 11.2. The van der Waals surface area contributed by atoms with E-state index in [1.807, 2.05) is 12.1 Å². The van der Waals surface area contributed by atoms with Crippen LogP contribution in [0, 0.1) is 5.41 Å². The molecule has 1 aliphatic heterocycles. The molecule has 0 bridgehead atoms. The van der Waals surface area contributed by atoms with Gasteiger partial charge in [-0.05, 0) is 24.1 Å². The molecule has 2 nitrogen and oxygen atoms in total. The number of nitrogens with two attached hydrogens (primary N) is 1. The van der Waals surface area contributed by atoms with Crippen molar-refractivity contribution in [2.75, 3.05) is 19.8 Å². The molecule has 1 aromatic rings. The highest BCUT2D eigenvalue weighted by Crippen LogP contribution is 2.33. The van der Waals surface area contributed by atoms with Crippen molar-refractivity contribution in [1.82, 2.24) is 0 Å². The Kier molecular flexibility index (Phi) is 3.21. The molecule has 0 spiro atoms. The molecule has 0 radical (unpaired) electrons. The molecule has 0 aliphatic carbocycles. The van der Waals surface area contributed by atoms with Gasteiger partial charge in [-0.2, -0.15) is 0 Å². The summed E-state index contributed by atoms with van der Waals surface area (Å²) in [5.41, 5.74) is 6.92. The van der Waals surface area contributed by atoms with Crippen LogP contribution in [-0.2, 0) is 11.2 Å².